The maximum absolute atomic E-state index is 12.9. The van der Waals surface area contributed by atoms with Crippen molar-refractivity contribution in [3.63, 3.8) is 0 Å². The first-order chi connectivity index (χ1) is 10.8. The summed E-state index contributed by atoms with van der Waals surface area (Å²) < 4.78 is 5.36. The number of piperidine rings is 1. The van der Waals surface area contributed by atoms with Gasteiger partial charge in [0.25, 0.3) is 5.91 Å². The van der Waals surface area contributed by atoms with Crippen LogP contribution in [0.4, 0.5) is 0 Å². The van der Waals surface area contributed by atoms with Crippen molar-refractivity contribution in [3.05, 3.63) is 29.5 Å². The van der Waals surface area contributed by atoms with Gasteiger partial charge in [-0.2, -0.15) is 0 Å². The number of furan rings is 1. The molecule has 2 aromatic rings. The van der Waals surface area contributed by atoms with Crippen LogP contribution >= 0.6 is 11.3 Å². The van der Waals surface area contributed by atoms with E-state index in [2.05, 4.69) is 15.2 Å². The molecule has 22 heavy (non-hydrogen) atoms. The summed E-state index contributed by atoms with van der Waals surface area (Å²) in [5.74, 6) is 0.855. The number of aromatic nitrogens is 1. The lowest BCUT2D eigenvalue weighted by Crippen LogP contribution is -2.49. The molecule has 3 heterocycles. The summed E-state index contributed by atoms with van der Waals surface area (Å²) in [4.78, 5) is 20.1. The zero-order valence-electron chi connectivity index (χ0n) is 12.3. The Morgan fingerprint density at radius 3 is 2.95 bits per heavy atom. The molecule has 6 heteroatoms. The van der Waals surface area contributed by atoms with Crippen molar-refractivity contribution in [2.24, 2.45) is 0 Å². The topological polar surface area (TPSA) is 58.4 Å². The SMILES string of the molecule is O=C(c1cnc(-c2ccco2)s1)N(C1CC1)C1CCCNC1. The van der Waals surface area contributed by atoms with Gasteiger partial charge in [-0.3, -0.25) is 4.79 Å². The van der Waals surface area contributed by atoms with Crippen LogP contribution in [0.1, 0.15) is 35.4 Å². The molecule has 116 valence electrons. The van der Waals surface area contributed by atoms with Crippen molar-refractivity contribution in [1.29, 1.82) is 0 Å². The van der Waals surface area contributed by atoms with Crippen LogP contribution in [-0.4, -0.2) is 41.0 Å². The van der Waals surface area contributed by atoms with Gasteiger partial charge >= 0.3 is 0 Å². The second-order valence-electron chi connectivity index (χ2n) is 5.95. The van der Waals surface area contributed by atoms with Gasteiger partial charge in [0.15, 0.2) is 10.8 Å². The number of nitrogens with one attached hydrogen (secondary N) is 1. The molecule has 1 saturated heterocycles. The standard InChI is InChI=1S/C16H19N3O2S/c20-16(14-10-18-15(22-14)13-4-2-8-21-13)19(11-5-6-11)12-3-1-7-17-9-12/h2,4,8,10-12,17H,1,3,5-7,9H2. The zero-order valence-corrected chi connectivity index (χ0v) is 13.1. The van der Waals surface area contributed by atoms with Gasteiger partial charge in [-0.25, -0.2) is 4.98 Å². The van der Waals surface area contributed by atoms with Crippen molar-refractivity contribution in [3.8, 4) is 10.8 Å². The molecule has 0 spiro atoms. The third-order valence-electron chi connectivity index (χ3n) is 4.29. The first kappa shape index (κ1) is 14.0. The molecule has 2 aromatic heterocycles. The molecule has 1 aliphatic carbocycles. The Balaban J connectivity index is 1.56. The van der Waals surface area contributed by atoms with Crippen LogP contribution in [0.2, 0.25) is 0 Å². The molecule has 1 amide bonds. The molecule has 2 aliphatic rings. The Labute approximate surface area is 133 Å². The summed E-state index contributed by atoms with van der Waals surface area (Å²) in [5.41, 5.74) is 0. The lowest BCUT2D eigenvalue weighted by molar-refractivity contribution is 0.0634. The van der Waals surface area contributed by atoms with Crippen molar-refractivity contribution in [2.75, 3.05) is 13.1 Å². The van der Waals surface area contributed by atoms with Crippen molar-refractivity contribution in [2.45, 2.75) is 37.8 Å². The number of carbonyl (C=O) groups is 1. The molecule has 1 unspecified atom stereocenters. The van der Waals surface area contributed by atoms with E-state index in [-0.39, 0.29) is 5.91 Å². The summed E-state index contributed by atoms with van der Waals surface area (Å²) >= 11 is 1.42. The first-order valence-corrected chi connectivity index (χ1v) is 8.67. The van der Waals surface area contributed by atoms with E-state index in [1.807, 2.05) is 12.1 Å². The second-order valence-corrected chi connectivity index (χ2v) is 6.98. The fourth-order valence-corrected chi connectivity index (χ4v) is 3.90. The Bertz CT molecular complexity index is 642. The normalized spacial score (nSPS) is 21.7. The molecule has 4 rings (SSSR count). The molecule has 0 aromatic carbocycles. The monoisotopic (exact) mass is 317 g/mol. The van der Waals surface area contributed by atoms with Crippen molar-refractivity contribution >= 4 is 17.2 Å². The van der Waals surface area contributed by atoms with Gasteiger partial charge in [-0.1, -0.05) is 0 Å². The van der Waals surface area contributed by atoms with Gasteiger partial charge in [0.2, 0.25) is 0 Å². The van der Waals surface area contributed by atoms with E-state index in [1.165, 1.54) is 11.3 Å². The summed E-state index contributed by atoms with van der Waals surface area (Å²) in [6.45, 7) is 1.97. The fourth-order valence-electron chi connectivity index (χ4n) is 3.07. The average Bonchev–Trinajstić information content (AvgIpc) is 3.07. The number of nitrogens with zero attached hydrogens (tertiary/aromatic N) is 2. The van der Waals surface area contributed by atoms with Crippen LogP contribution in [0, 0.1) is 0 Å². The number of amides is 1. The summed E-state index contributed by atoms with van der Waals surface area (Å²) in [5, 5.41) is 4.18. The minimum atomic E-state index is 0.131. The predicted molar refractivity (Wildman–Crippen MR) is 84.9 cm³/mol. The van der Waals surface area contributed by atoms with E-state index in [9.17, 15) is 4.79 Å². The molecule has 2 fully saturated rings. The van der Waals surface area contributed by atoms with Gasteiger partial charge in [-0.05, 0) is 44.4 Å². The minimum absolute atomic E-state index is 0.131. The lowest BCUT2D eigenvalue weighted by Gasteiger charge is -2.34. The summed E-state index contributed by atoms with van der Waals surface area (Å²) in [6.07, 6.45) is 7.82. The second kappa shape index (κ2) is 5.85. The molecular weight excluding hydrogens is 298 g/mol. The molecular formula is C16H19N3O2S. The molecule has 0 bridgehead atoms. The Hall–Kier alpha value is -1.66. The Morgan fingerprint density at radius 2 is 2.27 bits per heavy atom. The van der Waals surface area contributed by atoms with Crippen molar-refractivity contribution < 1.29 is 9.21 Å². The number of hydrogen-bond donors (Lipinski definition) is 1. The molecule has 1 saturated carbocycles. The number of hydrogen-bond acceptors (Lipinski definition) is 5. The third kappa shape index (κ3) is 2.68. The highest BCUT2D eigenvalue weighted by atomic mass is 32.1. The van der Waals surface area contributed by atoms with Gasteiger partial charge in [0.1, 0.15) is 4.88 Å². The van der Waals surface area contributed by atoms with E-state index in [1.54, 1.807) is 12.5 Å². The van der Waals surface area contributed by atoms with Crippen LogP contribution in [0.15, 0.2) is 29.0 Å². The maximum Gasteiger partial charge on any atom is 0.266 e. The van der Waals surface area contributed by atoms with E-state index in [0.29, 0.717) is 17.0 Å². The van der Waals surface area contributed by atoms with E-state index < -0.39 is 0 Å². The minimum Gasteiger partial charge on any atom is -0.462 e. The van der Waals surface area contributed by atoms with Crippen LogP contribution in [0.25, 0.3) is 10.8 Å². The molecule has 1 N–H and O–H groups in total. The third-order valence-corrected chi connectivity index (χ3v) is 5.29. The highest BCUT2D eigenvalue weighted by Gasteiger charge is 2.38. The van der Waals surface area contributed by atoms with Crippen molar-refractivity contribution in [1.82, 2.24) is 15.2 Å². The molecule has 1 aliphatic heterocycles. The maximum atomic E-state index is 12.9. The Kier molecular flexibility index (Phi) is 3.72. The summed E-state index contributed by atoms with van der Waals surface area (Å²) in [7, 11) is 0. The van der Waals surface area contributed by atoms with Crippen LogP contribution in [0.5, 0.6) is 0 Å². The van der Waals surface area contributed by atoms with E-state index in [4.69, 9.17) is 4.42 Å². The molecule has 1 atom stereocenters. The highest BCUT2D eigenvalue weighted by molar-refractivity contribution is 7.16. The van der Waals surface area contributed by atoms with Gasteiger partial charge in [0, 0.05) is 18.6 Å². The predicted octanol–water partition coefficient (Wildman–Crippen LogP) is 2.76. The van der Waals surface area contributed by atoms with Gasteiger partial charge in [-0.15, -0.1) is 11.3 Å². The fraction of sp³-hybridized carbons (Fsp3) is 0.500. The van der Waals surface area contributed by atoms with Gasteiger partial charge in [0.05, 0.1) is 12.5 Å². The molecule has 0 radical (unpaired) electrons. The lowest BCUT2D eigenvalue weighted by atomic mass is 10.1. The molecule has 5 nitrogen and oxygen atoms in total. The first-order valence-electron chi connectivity index (χ1n) is 7.86. The largest absolute Gasteiger partial charge is 0.462 e. The van der Waals surface area contributed by atoms with Crippen LogP contribution in [0.3, 0.4) is 0 Å². The Morgan fingerprint density at radius 1 is 1.36 bits per heavy atom. The highest BCUT2D eigenvalue weighted by Crippen LogP contribution is 2.34. The number of thiazole rings is 1. The number of rotatable bonds is 4. The smallest absolute Gasteiger partial charge is 0.266 e. The van der Waals surface area contributed by atoms with Crippen LogP contribution in [-0.2, 0) is 0 Å². The van der Waals surface area contributed by atoms with Crippen LogP contribution < -0.4 is 5.32 Å². The average molecular weight is 317 g/mol. The number of carbonyl (C=O) groups excluding carboxylic acids is 1. The van der Waals surface area contributed by atoms with E-state index >= 15 is 0 Å². The zero-order chi connectivity index (χ0) is 14.9. The van der Waals surface area contributed by atoms with Gasteiger partial charge < -0.3 is 14.6 Å². The summed E-state index contributed by atoms with van der Waals surface area (Å²) in [6, 6.07) is 4.45. The van der Waals surface area contributed by atoms with E-state index in [0.717, 1.165) is 49.5 Å². The quantitative estimate of drug-likeness (QED) is 0.942.